The number of allylic oxidation sites excluding steroid dienone is 1. The van der Waals surface area contributed by atoms with E-state index < -0.39 is 9.84 Å². The molecular weight excluding hydrogens is 388 g/mol. The number of benzene rings is 1. The van der Waals surface area contributed by atoms with E-state index >= 15 is 0 Å². The molecule has 0 saturated heterocycles. The highest BCUT2D eigenvalue weighted by atomic mass is 32.2. The minimum Gasteiger partial charge on any atom is -0.294 e. The fourth-order valence-electron chi connectivity index (χ4n) is 3.09. The van der Waals surface area contributed by atoms with Crippen molar-refractivity contribution in [3.8, 4) is 15.4 Å². The van der Waals surface area contributed by atoms with Crippen molar-refractivity contribution in [1.82, 2.24) is 9.55 Å². The first-order valence-electron chi connectivity index (χ1n) is 9.21. The van der Waals surface area contributed by atoms with Gasteiger partial charge in [0.15, 0.2) is 9.84 Å². The Morgan fingerprint density at radius 3 is 2.57 bits per heavy atom. The van der Waals surface area contributed by atoms with Gasteiger partial charge in [-0.2, -0.15) is 0 Å². The fourth-order valence-corrected chi connectivity index (χ4v) is 5.08. The van der Waals surface area contributed by atoms with Crippen molar-refractivity contribution in [3.63, 3.8) is 0 Å². The van der Waals surface area contributed by atoms with Crippen LogP contribution in [-0.4, -0.2) is 24.2 Å². The first kappa shape index (κ1) is 20.6. The van der Waals surface area contributed by atoms with Gasteiger partial charge < -0.3 is 0 Å². The maximum absolute atomic E-state index is 12.1. The number of aryl methyl sites for hydroxylation is 1. The molecule has 1 aromatic carbocycles. The maximum Gasteiger partial charge on any atom is 0.175 e. The topological polar surface area (TPSA) is 52.0 Å². The van der Waals surface area contributed by atoms with Gasteiger partial charge in [-0.25, -0.2) is 13.4 Å². The van der Waals surface area contributed by atoms with Crippen molar-refractivity contribution in [2.24, 2.45) is 5.92 Å². The third-order valence-corrected chi connectivity index (χ3v) is 6.88. The SMILES string of the molecule is C=C(C)c1cn(-c2ccc(-c3ccc(C)c(S(C)(=O)=O)c3)s2)c(CC(C)C)n1. The van der Waals surface area contributed by atoms with Crippen molar-refractivity contribution >= 4 is 26.7 Å². The van der Waals surface area contributed by atoms with Gasteiger partial charge in [-0.05, 0) is 54.7 Å². The van der Waals surface area contributed by atoms with E-state index in [2.05, 4.69) is 31.1 Å². The molecule has 6 heteroatoms. The van der Waals surface area contributed by atoms with Crippen LogP contribution in [0.2, 0.25) is 0 Å². The summed E-state index contributed by atoms with van der Waals surface area (Å²) in [5.41, 5.74) is 3.52. The van der Waals surface area contributed by atoms with Gasteiger partial charge in [0.1, 0.15) is 10.8 Å². The summed E-state index contributed by atoms with van der Waals surface area (Å²) in [7, 11) is -3.26. The fraction of sp³-hybridized carbons (Fsp3) is 0.318. The minimum atomic E-state index is -3.26. The van der Waals surface area contributed by atoms with E-state index in [1.165, 1.54) is 6.26 Å². The van der Waals surface area contributed by atoms with Gasteiger partial charge in [-0.15, -0.1) is 11.3 Å². The molecule has 0 radical (unpaired) electrons. The molecule has 0 bridgehead atoms. The van der Waals surface area contributed by atoms with Crippen molar-refractivity contribution in [2.75, 3.05) is 6.26 Å². The van der Waals surface area contributed by atoms with Gasteiger partial charge >= 0.3 is 0 Å². The second kappa shape index (κ2) is 7.68. The molecule has 28 heavy (non-hydrogen) atoms. The zero-order chi connectivity index (χ0) is 20.6. The lowest BCUT2D eigenvalue weighted by Gasteiger charge is -2.08. The predicted octanol–water partition coefficient (Wildman–Crippen LogP) is 5.54. The van der Waals surface area contributed by atoms with Crippen LogP contribution in [0, 0.1) is 12.8 Å². The van der Waals surface area contributed by atoms with Crippen LogP contribution in [0.1, 0.15) is 37.9 Å². The molecule has 2 aromatic heterocycles. The normalized spacial score (nSPS) is 11.9. The molecule has 0 fully saturated rings. The summed E-state index contributed by atoms with van der Waals surface area (Å²) in [4.78, 5) is 6.17. The Balaban J connectivity index is 2.05. The summed E-state index contributed by atoms with van der Waals surface area (Å²) in [6.45, 7) is 12.2. The smallest absolute Gasteiger partial charge is 0.175 e. The van der Waals surface area contributed by atoms with E-state index in [0.29, 0.717) is 10.8 Å². The monoisotopic (exact) mass is 414 g/mol. The lowest BCUT2D eigenvalue weighted by atomic mass is 10.1. The van der Waals surface area contributed by atoms with Crippen molar-refractivity contribution in [1.29, 1.82) is 0 Å². The van der Waals surface area contributed by atoms with Crippen molar-refractivity contribution in [3.05, 3.63) is 60.2 Å². The summed E-state index contributed by atoms with van der Waals surface area (Å²) in [6, 6.07) is 9.71. The number of nitrogens with zero attached hydrogens (tertiary/aromatic N) is 2. The molecule has 0 amide bonds. The first-order chi connectivity index (χ1) is 13.1. The Kier molecular flexibility index (Phi) is 5.64. The van der Waals surface area contributed by atoms with Gasteiger partial charge in [-0.1, -0.05) is 32.6 Å². The molecule has 3 rings (SSSR count). The molecule has 3 aromatic rings. The second-order valence-electron chi connectivity index (χ2n) is 7.68. The van der Waals surface area contributed by atoms with Crippen LogP contribution in [0.3, 0.4) is 0 Å². The molecule has 0 saturated carbocycles. The third kappa shape index (κ3) is 4.28. The van der Waals surface area contributed by atoms with Crippen molar-refractivity contribution in [2.45, 2.75) is 39.0 Å². The number of thiophene rings is 1. The van der Waals surface area contributed by atoms with Crippen LogP contribution in [-0.2, 0) is 16.3 Å². The van der Waals surface area contributed by atoms with E-state index in [-0.39, 0.29) is 0 Å². The number of hydrogen-bond donors (Lipinski definition) is 0. The van der Waals surface area contributed by atoms with Crippen LogP contribution in [0.25, 0.3) is 21.0 Å². The average Bonchev–Trinajstić information content (AvgIpc) is 3.20. The van der Waals surface area contributed by atoms with Crippen LogP contribution < -0.4 is 0 Å². The predicted molar refractivity (Wildman–Crippen MR) is 118 cm³/mol. The summed E-state index contributed by atoms with van der Waals surface area (Å²) in [5, 5.41) is 1.06. The number of sulfone groups is 1. The standard InChI is InChI=1S/C22H26N2O2S2/c1-14(2)11-21-23-18(15(3)4)13-24(21)22-10-9-19(27-22)17-8-7-16(5)20(12-17)28(6,25)26/h7-10,12-14H,3,11H2,1-2,4-6H3. The lowest BCUT2D eigenvalue weighted by molar-refractivity contribution is 0.601. The highest BCUT2D eigenvalue weighted by Crippen LogP contribution is 2.33. The van der Waals surface area contributed by atoms with Crippen LogP contribution in [0.15, 0.2) is 48.0 Å². The number of aromatic nitrogens is 2. The van der Waals surface area contributed by atoms with E-state index in [4.69, 9.17) is 4.98 Å². The van der Waals surface area contributed by atoms with E-state index in [1.807, 2.05) is 38.2 Å². The quantitative estimate of drug-likeness (QED) is 0.532. The van der Waals surface area contributed by atoms with Gasteiger partial charge in [0.25, 0.3) is 0 Å². The van der Waals surface area contributed by atoms with Crippen LogP contribution >= 0.6 is 11.3 Å². The highest BCUT2D eigenvalue weighted by Gasteiger charge is 2.16. The second-order valence-corrected chi connectivity index (χ2v) is 10.7. The maximum atomic E-state index is 12.1. The summed E-state index contributed by atoms with van der Waals surface area (Å²) in [6.07, 6.45) is 4.16. The Morgan fingerprint density at radius 2 is 1.96 bits per heavy atom. The number of imidazole rings is 1. The van der Waals surface area contributed by atoms with Gasteiger partial charge in [-0.3, -0.25) is 4.57 Å². The largest absolute Gasteiger partial charge is 0.294 e. The molecule has 0 unspecified atom stereocenters. The summed E-state index contributed by atoms with van der Waals surface area (Å²) >= 11 is 1.63. The highest BCUT2D eigenvalue weighted by molar-refractivity contribution is 7.90. The Hall–Kier alpha value is -2.18. The molecule has 0 N–H and O–H groups in total. The first-order valence-corrected chi connectivity index (χ1v) is 11.9. The Morgan fingerprint density at radius 1 is 1.25 bits per heavy atom. The Bertz CT molecular complexity index is 1140. The molecule has 0 aliphatic carbocycles. The molecule has 0 atom stereocenters. The van der Waals surface area contributed by atoms with Gasteiger partial charge in [0, 0.05) is 23.8 Å². The van der Waals surface area contributed by atoms with Crippen molar-refractivity contribution < 1.29 is 8.42 Å². The summed E-state index contributed by atoms with van der Waals surface area (Å²) < 4.78 is 26.3. The zero-order valence-electron chi connectivity index (χ0n) is 17.0. The molecule has 0 aliphatic rings. The third-order valence-electron chi connectivity index (χ3n) is 4.51. The van der Waals surface area contributed by atoms with Crippen LogP contribution in [0.4, 0.5) is 0 Å². The van der Waals surface area contributed by atoms with Crippen LogP contribution in [0.5, 0.6) is 0 Å². The molecular formula is C22H26N2O2S2. The summed E-state index contributed by atoms with van der Waals surface area (Å²) in [5.74, 6) is 1.51. The lowest BCUT2D eigenvalue weighted by Crippen LogP contribution is -2.03. The number of hydrogen-bond acceptors (Lipinski definition) is 4. The minimum absolute atomic E-state index is 0.382. The van der Waals surface area contributed by atoms with E-state index in [9.17, 15) is 8.42 Å². The van der Waals surface area contributed by atoms with Gasteiger partial charge in [0.05, 0.1) is 10.6 Å². The Labute approximate surface area is 171 Å². The van der Waals surface area contributed by atoms with Gasteiger partial charge in [0.2, 0.25) is 0 Å². The molecule has 0 aliphatic heterocycles. The molecule has 4 nitrogen and oxygen atoms in total. The van der Waals surface area contributed by atoms with E-state index in [0.717, 1.165) is 44.5 Å². The molecule has 148 valence electrons. The molecule has 2 heterocycles. The number of rotatable bonds is 6. The average molecular weight is 415 g/mol. The molecule has 0 spiro atoms. The zero-order valence-corrected chi connectivity index (χ0v) is 18.6. The van der Waals surface area contributed by atoms with E-state index in [1.54, 1.807) is 17.4 Å².